The minimum absolute atomic E-state index is 0.188. The van der Waals surface area contributed by atoms with Crippen LogP contribution in [0.25, 0.3) is 11.1 Å². The van der Waals surface area contributed by atoms with Crippen molar-refractivity contribution in [1.82, 2.24) is 0 Å². The molecule has 0 aliphatic heterocycles. The Morgan fingerprint density at radius 3 is 2.62 bits per heavy atom. The topological polar surface area (TPSA) is 91.6 Å². The van der Waals surface area contributed by atoms with Crippen molar-refractivity contribution in [3.63, 3.8) is 0 Å². The Bertz CT molecular complexity index is 1020. The van der Waals surface area contributed by atoms with Crippen molar-refractivity contribution in [1.29, 1.82) is 5.26 Å². The van der Waals surface area contributed by atoms with Crippen LogP contribution >= 0.6 is 0 Å². The Morgan fingerprint density at radius 1 is 1.31 bits per heavy atom. The fraction of sp³-hybridized carbons (Fsp3) is 0.182. The van der Waals surface area contributed by atoms with Crippen LogP contribution in [0.4, 0.5) is 10.1 Å². The summed E-state index contributed by atoms with van der Waals surface area (Å²) in [4.78, 5) is 12.2. The van der Waals surface area contributed by atoms with Gasteiger partial charge in [-0.2, -0.15) is 5.26 Å². The molecule has 0 aromatic heterocycles. The molecule has 0 heterocycles. The highest BCUT2D eigenvalue weighted by atomic mass is 19.1. The van der Waals surface area contributed by atoms with E-state index in [1.807, 2.05) is 0 Å². The third kappa shape index (κ3) is 5.36. The fourth-order valence-corrected chi connectivity index (χ4v) is 2.47. The summed E-state index contributed by atoms with van der Waals surface area (Å²) in [5.74, 6) is -1.22. The molecule has 150 valence electrons. The smallest absolute Gasteiger partial charge is 0.269 e. The van der Waals surface area contributed by atoms with E-state index >= 15 is 0 Å². The van der Waals surface area contributed by atoms with E-state index in [1.165, 1.54) is 26.2 Å². The van der Waals surface area contributed by atoms with E-state index in [0.717, 1.165) is 5.57 Å². The Kier molecular flexibility index (Phi) is 6.99. The summed E-state index contributed by atoms with van der Waals surface area (Å²) < 4.78 is 25.7. The van der Waals surface area contributed by atoms with Crippen molar-refractivity contribution < 1.29 is 23.8 Å². The van der Waals surface area contributed by atoms with Crippen LogP contribution in [0.5, 0.6) is 11.5 Å². The number of aliphatic hydroxyl groups excluding tert-OH is 1. The maximum atomic E-state index is 14.7. The van der Waals surface area contributed by atoms with Gasteiger partial charge in [0.05, 0.1) is 12.8 Å². The molecule has 0 fully saturated rings. The van der Waals surface area contributed by atoms with Gasteiger partial charge in [0.15, 0.2) is 5.57 Å². The summed E-state index contributed by atoms with van der Waals surface area (Å²) in [5, 5.41) is 20.7. The first-order chi connectivity index (χ1) is 13.8. The molecule has 0 bridgehead atoms. The number of aliphatic hydroxyl groups is 1. The van der Waals surface area contributed by atoms with E-state index in [4.69, 9.17) is 14.7 Å². The van der Waals surface area contributed by atoms with E-state index in [-0.39, 0.29) is 12.3 Å². The number of carbonyl (C=O) groups is 1. The highest BCUT2D eigenvalue weighted by molar-refractivity contribution is 6.07. The van der Waals surface area contributed by atoms with Crippen LogP contribution in [0.3, 0.4) is 0 Å². The minimum atomic E-state index is -0.925. The van der Waals surface area contributed by atoms with Gasteiger partial charge in [0.2, 0.25) is 0 Å². The van der Waals surface area contributed by atoms with Crippen molar-refractivity contribution in [2.24, 2.45) is 0 Å². The van der Waals surface area contributed by atoms with Gasteiger partial charge in [-0.05, 0) is 43.2 Å². The number of amides is 1. The first-order valence-corrected chi connectivity index (χ1v) is 8.63. The van der Waals surface area contributed by atoms with Gasteiger partial charge in [-0.15, -0.1) is 0 Å². The molecule has 6 nitrogen and oxygen atoms in total. The molecule has 2 N–H and O–H groups in total. The number of nitriles is 1. The fourth-order valence-electron chi connectivity index (χ4n) is 2.47. The number of anilines is 1. The average Bonchev–Trinajstić information content (AvgIpc) is 2.68. The highest BCUT2D eigenvalue weighted by Crippen LogP contribution is 2.36. The summed E-state index contributed by atoms with van der Waals surface area (Å²) in [6, 6.07) is 11.2. The number of hydrogen-bond acceptors (Lipinski definition) is 5. The third-order valence-electron chi connectivity index (χ3n) is 3.87. The zero-order valence-electron chi connectivity index (χ0n) is 16.4. The molecule has 0 aliphatic rings. The lowest BCUT2D eigenvalue weighted by Gasteiger charge is -2.16. The molecule has 2 aromatic rings. The molecular formula is C22H21FN2O4. The lowest BCUT2D eigenvalue weighted by Crippen LogP contribution is -2.16. The van der Waals surface area contributed by atoms with Crippen molar-refractivity contribution in [3.05, 3.63) is 65.7 Å². The molecule has 0 spiro atoms. The van der Waals surface area contributed by atoms with Crippen LogP contribution in [-0.4, -0.2) is 24.7 Å². The van der Waals surface area contributed by atoms with Crippen LogP contribution in [0.2, 0.25) is 0 Å². The number of benzene rings is 2. The molecule has 1 amide bonds. The lowest BCUT2D eigenvalue weighted by atomic mass is 10.0. The van der Waals surface area contributed by atoms with Gasteiger partial charge in [-0.3, -0.25) is 4.79 Å². The van der Waals surface area contributed by atoms with Crippen molar-refractivity contribution in [3.8, 4) is 28.7 Å². The van der Waals surface area contributed by atoms with E-state index in [2.05, 4.69) is 11.9 Å². The summed E-state index contributed by atoms with van der Waals surface area (Å²) in [6.07, 6.45) is 0. The maximum absolute atomic E-state index is 14.7. The van der Waals surface area contributed by atoms with Gasteiger partial charge in [0.25, 0.3) is 5.91 Å². The van der Waals surface area contributed by atoms with Crippen molar-refractivity contribution >= 4 is 11.6 Å². The summed E-state index contributed by atoms with van der Waals surface area (Å²) in [5.41, 5.74) is 1.16. The van der Waals surface area contributed by atoms with Gasteiger partial charge in [-0.25, -0.2) is 4.39 Å². The first kappa shape index (κ1) is 21.5. The molecule has 7 heteroatoms. The summed E-state index contributed by atoms with van der Waals surface area (Å²) in [6.45, 7) is 6.95. The maximum Gasteiger partial charge on any atom is 0.269 e. The Morgan fingerprint density at radius 2 is 2.03 bits per heavy atom. The van der Waals surface area contributed by atoms with E-state index in [0.29, 0.717) is 22.6 Å². The number of allylic oxidation sites excluding steroid dienone is 1. The van der Waals surface area contributed by atoms with Crippen LogP contribution < -0.4 is 14.8 Å². The van der Waals surface area contributed by atoms with Crippen LogP contribution in [-0.2, 0) is 4.79 Å². The molecule has 29 heavy (non-hydrogen) atoms. The SMILES string of the molecule is C=C(C)COc1cc(NC(=O)/C(C#N)=C(/C)O)c(F)cc1-c1cccc(OC)c1. The van der Waals surface area contributed by atoms with Gasteiger partial charge < -0.3 is 19.9 Å². The lowest BCUT2D eigenvalue weighted by molar-refractivity contribution is -0.112. The number of carbonyl (C=O) groups excluding carboxylic acids is 1. The van der Waals surface area contributed by atoms with Crippen molar-refractivity contribution in [2.45, 2.75) is 13.8 Å². The van der Waals surface area contributed by atoms with E-state index in [9.17, 15) is 14.3 Å². The largest absolute Gasteiger partial charge is 0.511 e. The van der Waals surface area contributed by atoms with Gasteiger partial charge in [-0.1, -0.05) is 18.7 Å². The monoisotopic (exact) mass is 396 g/mol. The Hall–Kier alpha value is -3.79. The average molecular weight is 396 g/mol. The molecule has 2 aromatic carbocycles. The molecule has 0 saturated heterocycles. The number of methoxy groups -OCH3 is 1. The molecular weight excluding hydrogens is 375 g/mol. The van der Waals surface area contributed by atoms with Gasteiger partial charge in [0, 0.05) is 11.6 Å². The predicted octanol–water partition coefficient (Wildman–Crippen LogP) is 4.75. The second-order valence-corrected chi connectivity index (χ2v) is 6.33. The van der Waals surface area contributed by atoms with E-state index in [1.54, 1.807) is 37.3 Å². The van der Waals surface area contributed by atoms with Gasteiger partial charge in [0.1, 0.15) is 35.8 Å². The molecule has 0 radical (unpaired) electrons. The Labute approximate surface area is 168 Å². The highest BCUT2D eigenvalue weighted by Gasteiger charge is 2.18. The first-order valence-electron chi connectivity index (χ1n) is 8.63. The minimum Gasteiger partial charge on any atom is -0.511 e. The second kappa shape index (κ2) is 9.42. The number of hydrogen-bond donors (Lipinski definition) is 2. The third-order valence-corrected chi connectivity index (χ3v) is 3.87. The molecule has 0 aliphatic carbocycles. The normalized spacial score (nSPS) is 11.1. The zero-order valence-corrected chi connectivity index (χ0v) is 16.4. The number of nitrogens with one attached hydrogen (secondary N) is 1. The number of nitrogens with zero attached hydrogens (tertiary/aromatic N) is 1. The quantitative estimate of drug-likeness (QED) is 0.305. The molecule has 0 unspecified atom stereocenters. The van der Waals surface area contributed by atoms with Crippen molar-refractivity contribution in [2.75, 3.05) is 19.0 Å². The molecule has 2 rings (SSSR count). The Balaban J connectivity index is 2.52. The number of halogens is 1. The van der Waals surface area contributed by atoms with Crippen LogP contribution in [0, 0.1) is 17.1 Å². The second-order valence-electron chi connectivity index (χ2n) is 6.33. The zero-order chi connectivity index (χ0) is 21.6. The van der Waals surface area contributed by atoms with Crippen LogP contribution in [0.15, 0.2) is 59.9 Å². The molecule has 0 saturated carbocycles. The van der Waals surface area contributed by atoms with E-state index < -0.39 is 23.1 Å². The molecule has 0 atom stereocenters. The van der Waals surface area contributed by atoms with Gasteiger partial charge >= 0.3 is 0 Å². The van der Waals surface area contributed by atoms with Crippen LogP contribution in [0.1, 0.15) is 13.8 Å². The summed E-state index contributed by atoms with van der Waals surface area (Å²) in [7, 11) is 1.53. The summed E-state index contributed by atoms with van der Waals surface area (Å²) >= 11 is 0. The number of ether oxygens (including phenoxy) is 2. The standard InChI is InChI=1S/C22H21FN2O4/c1-13(2)12-29-21-10-20(25-22(27)18(11-24)14(3)26)19(23)9-17(21)15-6-5-7-16(8-15)28-4/h5-10,26H,1,12H2,2-4H3,(H,25,27)/b18-14-. The predicted molar refractivity (Wildman–Crippen MR) is 108 cm³/mol. The number of rotatable bonds is 7.